The maximum absolute atomic E-state index is 13.5. The van der Waals surface area contributed by atoms with E-state index in [1.165, 1.54) is 9.78 Å². The van der Waals surface area contributed by atoms with Gasteiger partial charge in [0.05, 0.1) is 13.2 Å². The summed E-state index contributed by atoms with van der Waals surface area (Å²) < 4.78 is 11.4. The van der Waals surface area contributed by atoms with Crippen molar-refractivity contribution in [3.05, 3.63) is 88.6 Å². The van der Waals surface area contributed by atoms with Gasteiger partial charge in [0.1, 0.15) is 24.7 Å². The number of methoxy groups -OCH3 is 1. The van der Waals surface area contributed by atoms with E-state index in [9.17, 15) is 9.59 Å². The fourth-order valence-corrected chi connectivity index (χ4v) is 5.14. The largest absolute Gasteiger partial charge is 0.497 e. The minimum atomic E-state index is -0.343. The number of thiophene rings is 1. The van der Waals surface area contributed by atoms with Gasteiger partial charge >= 0.3 is 6.03 Å². The lowest BCUT2D eigenvalue weighted by Crippen LogP contribution is -2.48. The fourth-order valence-electron chi connectivity index (χ4n) is 4.21. The molecule has 8 heteroatoms. The van der Waals surface area contributed by atoms with E-state index in [2.05, 4.69) is 23.3 Å². The molecule has 0 saturated heterocycles. The van der Waals surface area contributed by atoms with Gasteiger partial charge in [-0.1, -0.05) is 29.8 Å². The first-order valence-corrected chi connectivity index (χ1v) is 12.7. The summed E-state index contributed by atoms with van der Waals surface area (Å²) in [6.45, 7) is 6.82. The third-order valence-electron chi connectivity index (χ3n) is 6.13. The maximum Gasteiger partial charge on any atom is 0.322 e. The van der Waals surface area contributed by atoms with Gasteiger partial charge in [0.15, 0.2) is 0 Å². The van der Waals surface area contributed by atoms with Crippen LogP contribution in [-0.4, -0.2) is 55.1 Å². The lowest BCUT2D eigenvalue weighted by Gasteiger charge is -2.37. The Bertz CT molecular complexity index is 1210. The summed E-state index contributed by atoms with van der Waals surface area (Å²) in [4.78, 5) is 31.1. The van der Waals surface area contributed by atoms with E-state index >= 15 is 0 Å². The molecule has 36 heavy (non-hydrogen) atoms. The molecular formula is C28H31N3O4S. The number of urea groups is 1. The van der Waals surface area contributed by atoms with Crippen molar-refractivity contribution in [2.75, 3.05) is 38.7 Å². The highest BCUT2D eigenvalue weighted by atomic mass is 32.1. The predicted molar refractivity (Wildman–Crippen MR) is 143 cm³/mol. The molecule has 2 aromatic carbocycles. The molecule has 1 aliphatic rings. The third-order valence-corrected chi connectivity index (χ3v) is 7.13. The molecule has 0 radical (unpaired) electrons. The number of rotatable bonds is 9. The second-order valence-corrected chi connectivity index (χ2v) is 9.61. The smallest absolute Gasteiger partial charge is 0.322 e. The van der Waals surface area contributed by atoms with Gasteiger partial charge in [-0.25, -0.2) is 4.79 Å². The molecule has 0 aliphatic carbocycles. The number of hydrogen-bond acceptors (Lipinski definition) is 5. The number of carbonyl (C=O) groups is 2. The monoisotopic (exact) mass is 505 g/mol. The van der Waals surface area contributed by atoms with Crippen molar-refractivity contribution < 1.29 is 19.1 Å². The van der Waals surface area contributed by atoms with Crippen LogP contribution in [0.5, 0.6) is 11.5 Å². The SMILES string of the molecule is C=CCN(CC(=O)N1CCc2sccc2C1COc1cccc(OC)c1)C(=O)Nc1ccc(C)cc1. The van der Waals surface area contributed by atoms with Crippen molar-refractivity contribution in [2.45, 2.75) is 19.4 Å². The molecule has 7 nitrogen and oxygen atoms in total. The normalized spacial score (nSPS) is 14.5. The van der Waals surface area contributed by atoms with Crippen LogP contribution in [0, 0.1) is 6.92 Å². The Hall–Kier alpha value is -3.78. The summed E-state index contributed by atoms with van der Waals surface area (Å²) in [5.74, 6) is 1.25. The number of hydrogen-bond donors (Lipinski definition) is 1. The Kier molecular flexibility index (Phi) is 8.28. The highest BCUT2D eigenvalue weighted by Crippen LogP contribution is 2.34. The van der Waals surface area contributed by atoms with Crippen LogP contribution in [-0.2, 0) is 11.2 Å². The van der Waals surface area contributed by atoms with Gasteiger partial charge in [-0.15, -0.1) is 17.9 Å². The molecule has 2 heterocycles. The number of nitrogens with one attached hydrogen (secondary N) is 1. The zero-order valence-corrected chi connectivity index (χ0v) is 21.4. The number of carbonyl (C=O) groups excluding carboxylic acids is 2. The minimum Gasteiger partial charge on any atom is -0.497 e. The van der Waals surface area contributed by atoms with Crippen LogP contribution in [0.2, 0.25) is 0 Å². The quantitative estimate of drug-likeness (QED) is 0.401. The first-order chi connectivity index (χ1) is 17.5. The van der Waals surface area contributed by atoms with Gasteiger partial charge < -0.3 is 24.6 Å². The van der Waals surface area contributed by atoms with Crippen molar-refractivity contribution in [3.63, 3.8) is 0 Å². The Balaban J connectivity index is 1.48. The highest BCUT2D eigenvalue weighted by molar-refractivity contribution is 7.10. The molecule has 1 N–H and O–H groups in total. The second-order valence-electron chi connectivity index (χ2n) is 8.61. The molecule has 188 valence electrons. The van der Waals surface area contributed by atoms with Gasteiger partial charge in [0.25, 0.3) is 0 Å². The lowest BCUT2D eigenvalue weighted by molar-refractivity contribution is -0.135. The molecular weight excluding hydrogens is 474 g/mol. The summed E-state index contributed by atoms with van der Waals surface area (Å²) in [6.07, 6.45) is 2.41. The summed E-state index contributed by atoms with van der Waals surface area (Å²) in [7, 11) is 1.61. The van der Waals surface area contributed by atoms with Crippen molar-refractivity contribution in [3.8, 4) is 11.5 Å². The van der Waals surface area contributed by atoms with Gasteiger partial charge in [0, 0.05) is 29.7 Å². The van der Waals surface area contributed by atoms with E-state index in [1.807, 2.05) is 60.4 Å². The van der Waals surface area contributed by atoms with Crippen LogP contribution in [0.15, 0.2) is 72.6 Å². The summed E-state index contributed by atoms with van der Waals surface area (Å²) in [5.41, 5.74) is 2.88. The van der Waals surface area contributed by atoms with Crippen molar-refractivity contribution in [1.82, 2.24) is 9.80 Å². The number of amides is 3. The van der Waals surface area contributed by atoms with Crippen LogP contribution >= 0.6 is 11.3 Å². The summed E-state index contributed by atoms with van der Waals surface area (Å²) >= 11 is 1.70. The van der Waals surface area contributed by atoms with Crippen molar-refractivity contribution in [2.24, 2.45) is 0 Å². The average Bonchev–Trinajstić information content (AvgIpc) is 3.37. The minimum absolute atomic E-state index is 0.0567. The Morgan fingerprint density at radius 1 is 1.19 bits per heavy atom. The molecule has 0 bridgehead atoms. The summed E-state index contributed by atoms with van der Waals surface area (Å²) in [5, 5.41) is 4.93. The van der Waals surface area contributed by atoms with Crippen LogP contribution in [0.3, 0.4) is 0 Å². The lowest BCUT2D eigenvalue weighted by atomic mass is 10.0. The summed E-state index contributed by atoms with van der Waals surface area (Å²) in [6, 6.07) is 16.4. The van der Waals surface area contributed by atoms with E-state index in [1.54, 1.807) is 24.5 Å². The molecule has 3 amide bonds. The third kappa shape index (κ3) is 6.07. The molecule has 4 rings (SSSR count). The van der Waals surface area contributed by atoms with Crippen LogP contribution < -0.4 is 14.8 Å². The Labute approximate surface area is 215 Å². The molecule has 0 spiro atoms. The average molecular weight is 506 g/mol. The van der Waals surface area contributed by atoms with Crippen molar-refractivity contribution >= 4 is 29.0 Å². The van der Waals surface area contributed by atoms with Gasteiger partial charge in [-0.05, 0) is 54.6 Å². The van der Waals surface area contributed by atoms with Crippen LogP contribution in [0.1, 0.15) is 22.0 Å². The first-order valence-electron chi connectivity index (χ1n) is 11.8. The maximum atomic E-state index is 13.5. The number of benzene rings is 2. The van der Waals surface area contributed by atoms with E-state index in [4.69, 9.17) is 9.47 Å². The van der Waals surface area contributed by atoms with Gasteiger partial charge in [-0.2, -0.15) is 0 Å². The second kappa shape index (κ2) is 11.8. The molecule has 0 saturated carbocycles. The van der Waals surface area contributed by atoms with Gasteiger partial charge in [-0.3, -0.25) is 4.79 Å². The number of aryl methyl sites for hydroxylation is 1. The zero-order valence-electron chi connectivity index (χ0n) is 20.6. The molecule has 1 aliphatic heterocycles. The number of ether oxygens (including phenoxy) is 2. The molecule has 1 aromatic heterocycles. The number of anilines is 1. The molecule has 1 unspecified atom stereocenters. The molecule has 0 fully saturated rings. The number of nitrogens with zero attached hydrogens (tertiary/aromatic N) is 2. The number of fused-ring (bicyclic) bond motifs is 1. The molecule has 3 aromatic rings. The topological polar surface area (TPSA) is 71.1 Å². The zero-order chi connectivity index (χ0) is 25.5. The van der Waals surface area contributed by atoms with Gasteiger partial charge in [0.2, 0.25) is 5.91 Å². The van der Waals surface area contributed by atoms with E-state index in [0.29, 0.717) is 30.3 Å². The van der Waals surface area contributed by atoms with E-state index in [-0.39, 0.29) is 31.1 Å². The fraction of sp³-hybridized carbons (Fsp3) is 0.286. The first kappa shape index (κ1) is 25.3. The Morgan fingerprint density at radius 3 is 2.72 bits per heavy atom. The highest BCUT2D eigenvalue weighted by Gasteiger charge is 2.33. The van der Waals surface area contributed by atoms with Crippen LogP contribution in [0.4, 0.5) is 10.5 Å². The standard InChI is InChI=1S/C28H31N3O4S/c1-4-14-30(28(33)29-21-10-8-20(2)9-11-21)18-27(32)31-15-12-26-24(13-16-36-26)25(31)19-35-23-7-5-6-22(17-23)34-3/h4-11,13,16-17,25H,1,12,14-15,18-19H2,2-3H3,(H,29,33). The Morgan fingerprint density at radius 2 is 1.97 bits per heavy atom. The van der Waals surface area contributed by atoms with Crippen LogP contribution in [0.25, 0.3) is 0 Å². The van der Waals surface area contributed by atoms with E-state index in [0.717, 1.165) is 17.5 Å². The predicted octanol–water partition coefficient (Wildman–Crippen LogP) is 5.29. The van der Waals surface area contributed by atoms with Crippen molar-refractivity contribution in [1.29, 1.82) is 0 Å². The van der Waals surface area contributed by atoms with E-state index < -0.39 is 0 Å². The molecule has 1 atom stereocenters.